The zero-order valence-electron chi connectivity index (χ0n) is 20.8. The number of ether oxygens (including phenoxy) is 4. The number of unbranched alkanes of at least 4 members (excludes halogenated alkanes) is 5. The lowest BCUT2D eigenvalue weighted by Gasteiger charge is -2.36. The van der Waals surface area contributed by atoms with Crippen molar-refractivity contribution in [3.05, 3.63) is 35.4 Å². The number of hydrogen-bond donors (Lipinski definition) is 0. The fourth-order valence-corrected chi connectivity index (χ4v) is 3.90. The van der Waals surface area contributed by atoms with Crippen LogP contribution in [0.2, 0.25) is 0 Å². The van der Waals surface area contributed by atoms with Crippen LogP contribution in [0.25, 0.3) is 0 Å². The van der Waals surface area contributed by atoms with Gasteiger partial charge >= 0.3 is 5.97 Å². The first-order chi connectivity index (χ1) is 14.7. The van der Waals surface area contributed by atoms with Crippen LogP contribution >= 0.6 is 0 Å². The molecule has 0 N–H and O–H groups in total. The number of aryl methyl sites for hydroxylation is 1. The fraction of sp³-hybridized carbons (Fsp3) is 0.731. The van der Waals surface area contributed by atoms with E-state index in [1.54, 1.807) is 21.3 Å². The standard InChI is InChI=1S/C26H44O5/c1-8-9-10-11-12-13-14-23(26(28-5,29-6)30-7)20-17-21-15-18-22(19-16-21)24(27)31-25(2,3)4/h15-16,18-19,23H,8-14,17,20H2,1-7H3. The van der Waals surface area contributed by atoms with Crippen molar-refractivity contribution in [1.29, 1.82) is 0 Å². The first kappa shape index (κ1) is 27.6. The summed E-state index contributed by atoms with van der Waals surface area (Å²) in [5.41, 5.74) is 1.24. The maximum absolute atomic E-state index is 12.2. The Morgan fingerprint density at radius 1 is 0.839 bits per heavy atom. The van der Waals surface area contributed by atoms with Gasteiger partial charge in [0.15, 0.2) is 0 Å². The number of esters is 1. The van der Waals surface area contributed by atoms with Gasteiger partial charge in [-0.1, -0.05) is 57.6 Å². The SMILES string of the molecule is CCCCCCCCC(CCc1ccc(C(=O)OC(C)(C)C)cc1)C(OC)(OC)OC. The van der Waals surface area contributed by atoms with Gasteiger partial charge in [-0.15, -0.1) is 0 Å². The molecule has 0 fully saturated rings. The largest absolute Gasteiger partial charge is 0.456 e. The first-order valence-electron chi connectivity index (χ1n) is 11.7. The monoisotopic (exact) mass is 436 g/mol. The molecular weight excluding hydrogens is 392 g/mol. The molecule has 0 saturated carbocycles. The second kappa shape index (κ2) is 13.9. The van der Waals surface area contributed by atoms with E-state index < -0.39 is 11.6 Å². The lowest BCUT2D eigenvalue weighted by Crippen LogP contribution is -2.44. The third-order valence-corrected chi connectivity index (χ3v) is 5.63. The van der Waals surface area contributed by atoms with Crippen LogP contribution in [0.4, 0.5) is 0 Å². The summed E-state index contributed by atoms with van der Waals surface area (Å²) in [5.74, 6) is -1.21. The highest BCUT2D eigenvalue weighted by molar-refractivity contribution is 5.89. The van der Waals surface area contributed by atoms with E-state index in [9.17, 15) is 4.79 Å². The second-order valence-corrected chi connectivity index (χ2v) is 9.21. The van der Waals surface area contributed by atoms with Crippen LogP contribution in [0.15, 0.2) is 24.3 Å². The lowest BCUT2D eigenvalue weighted by molar-refractivity contribution is -0.380. The highest BCUT2D eigenvalue weighted by Crippen LogP contribution is 2.32. The van der Waals surface area contributed by atoms with Gasteiger partial charge < -0.3 is 18.9 Å². The molecule has 0 aliphatic carbocycles. The minimum Gasteiger partial charge on any atom is -0.456 e. The molecule has 0 radical (unpaired) electrons. The molecule has 31 heavy (non-hydrogen) atoms. The zero-order valence-corrected chi connectivity index (χ0v) is 20.8. The maximum atomic E-state index is 12.2. The van der Waals surface area contributed by atoms with Gasteiger partial charge in [-0.25, -0.2) is 4.79 Å². The predicted molar refractivity (Wildman–Crippen MR) is 125 cm³/mol. The molecule has 0 heterocycles. The van der Waals surface area contributed by atoms with Crippen molar-refractivity contribution in [2.75, 3.05) is 21.3 Å². The van der Waals surface area contributed by atoms with Gasteiger partial charge in [-0.3, -0.25) is 0 Å². The van der Waals surface area contributed by atoms with Crippen molar-refractivity contribution in [3.63, 3.8) is 0 Å². The maximum Gasteiger partial charge on any atom is 0.338 e. The van der Waals surface area contributed by atoms with E-state index in [1.807, 2.05) is 45.0 Å². The van der Waals surface area contributed by atoms with Crippen molar-refractivity contribution in [2.45, 2.75) is 97.1 Å². The van der Waals surface area contributed by atoms with Gasteiger partial charge in [-0.05, 0) is 57.7 Å². The summed E-state index contributed by atoms with van der Waals surface area (Å²) in [4.78, 5) is 12.2. The highest BCUT2D eigenvalue weighted by atomic mass is 16.9. The molecule has 0 aliphatic rings. The lowest BCUT2D eigenvalue weighted by atomic mass is 9.91. The Morgan fingerprint density at radius 3 is 1.90 bits per heavy atom. The molecule has 5 heteroatoms. The van der Waals surface area contributed by atoms with Crippen LogP contribution in [0.5, 0.6) is 0 Å². The molecule has 0 saturated heterocycles. The van der Waals surface area contributed by atoms with Crippen LogP contribution in [0.3, 0.4) is 0 Å². The predicted octanol–water partition coefficient (Wildman–Crippen LogP) is 6.53. The average molecular weight is 437 g/mol. The number of carbonyl (C=O) groups excluding carboxylic acids is 1. The fourth-order valence-electron chi connectivity index (χ4n) is 3.90. The third kappa shape index (κ3) is 9.71. The van der Waals surface area contributed by atoms with Crippen molar-refractivity contribution in [2.24, 2.45) is 5.92 Å². The van der Waals surface area contributed by atoms with E-state index in [-0.39, 0.29) is 11.9 Å². The van der Waals surface area contributed by atoms with E-state index in [4.69, 9.17) is 18.9 Å². The van der Waals surface area contributed by atoms with Crippen LogP contribution in [-0.4, -0.2) is 38.9 Å². The molecule has 178 valence electrons. The van der Waals surface area contributed by atoms with Crippen LogP contribution in [0, 0.1) is 5.92 Å². The number of benzene rings is 1. The molecule has 0 spiro atoms. The van der Waals surface area contributed by atoms with Gasteiger partial charge in [0.25, 0.3) is 5.97 Å². The van der Waals surface area contributed by atoms with Crippen LogP contribution in [-0.2, 0) is 25.4 Å². The van der Waals surface area contributed by atoms with E-state index in [1.165, 1.54) is 32.1 Å². The van der Waals surface area contributed by atoms with Crippen LogP contribution in [0.1, 0.15) is 95.0 Å². The Hall–Kier alpha value is -1.43. The summed E-state index contributed by atoms with van der Waals surface area (Å²) in [6, 6.07) is 7.66. The van der Waals surface area contributed by atoms with Crippen molar-refractivity contribution >= 4 is 5.97 Å². The number of carbonyl (C=O) groups is 1. The molecule has 0 bridgehead atoms. The van der Waals surface area contributed by atoms with E-state index in [0.29, 0.717) is 5.56 Å². The quantitative estimate of drug-likeness (QED) is 0.178. The third-order valence-electron chi connectivity index (χ3n) is 5.63. The normalized spacial score (nSPS) is 13.3. The Bertz CT molecular complexity index is 605. The second-order valence-electron chi connectivity index (χ2n) is 9.21. The van der Waals surface area contributed by atoms with Crippen molar-refractivity contribution < 1.29 is 23.7 Å². The van der Waals surface area contributed by atoms with E-state index >= 15 is 0 Å². The smallest absolute Gasteiger partial charge is 0.338 e. The highest BCUT2D eigenvalue weighted by Gasteiger charge is 2.39. The van der Waals surface area contributed by atoms with Gasteiger partial charge in [0.05, 0.1) is 5.56 Å². The average Bonchev–Trinajstić information content (AvgIpc) is 2.74. The Labute approximate surface area is 189 Å². The number of rotatable bonds is 15. The molecule has 1 aromatic rings. The van der Waals surface area contributed by atoms with Crippen molar-refractivity contribution in [1.82, 2.24) is 0 Å². The Morgan fingerprint density at radius 2 is 1.39 bits per heavy atom. The summed E-state index contributed by atoms with van der Waals surface area (Å²) >= 11 is 0. The summed E-state index contributed by atoms with van der Waals surface area (Å²) in [7, 11) is 4.91. The summed E-state index contributed by atoms with van der Waals surface area (Å²) in [6.07, 6.45) is 10.2. The minimum atomic E-state index is -1.03. The number of methoxy groups -OCH3 is 3. The van der Waals surface area contributed by atoms with E-state index in [0.717, 1.165) is 31.2 Å². The minimum absolute atomic E-state index is 0.115. The molecule has 0 amide bonds. The van der Waals surface area contributed by atoms with E-state index in [2.05, 4.69) is 6.92 Å². The molecular formula is C26H44O5. The van der Waals surface area contributed by atoms with Gasteiger partial charge in [0.1, 0.15) is 5.60 Å². The molecule has 0 aromatic heterocycles. The molecule has 1 unspecified atom stereocenters. The molecule has 5 nitrogen and oxygen atoms in total. The van der Waals surface area contributed by atoms with Gasteiger partial charge in [0, 0.05) is 27.2 Å². The summed E-state index contributed by atoms with van der Waals surface area (Å²) in [6.45, 7) is 7.85. The number of hydrogen-bond acceptors (Lipinski definition) is 5. The molecule has 0 aliphatic heterocycles. The first-order valence-corrected chi connectivity index (χ1v) is 11.7. The zero-order chi connectivity index (χ0) is 23.3. The molecule has 1 rings (SSSR count). The molecule has 1 atom stereocenters. The summed E-state index contributed by atoms with van der Waals surface area (Å²) in [5, 5.41) is 0. The topological polar surface area (TPSA) is 54.0 Å². The van der Waals surface area contributed by atoms with Crippen molar-refractivity contribution in [3.8, 4) is 0 Å². The summed E-state index contributed by atoms with van der Waals surface area (Å²) < 4.78 is 22.5. The van der Waals surface area contributed by atoms with Gasteiger partial charge in [-0.2, -0.15) is 0 Å². The Kier molecular flexibility index (Phi) is 12.3. The Balaban J connectivity index is 2.73. The van der Waals surface area contributed by atoms with Crippen LogP contribution < -0.4 is 0 Å². The molecule has 1 aromatic carbocycles. The van der Waals surface area contributed by atoms with Gasteiger partial charge in [0.2, 0.25) is 0 Å².